The van der Waals surface area contributed by atoms with Crippen LogP contribution in [0.3, 0.4) is 0 Å². The van der Waals surface area contributed by atoms with Gasteiger partial charge in [0, 0.05) is 12.1 Å². The van der Waals surface area contributed by atoms with E-state index in [1.165, 1.54) is 26.4 Å². The van der Waals surface area contributed by atoms with Crippen molar-refractivity contribution in [2.24, 2.45) is 0 Å². The molecule has 0 aliphatic carbocycles. The molecule has 0 aliphatic heterocycles. The first-order valence-electron chi connectivity index (χ1n) is 3.62. The molecule has 0 radical (unpaired) electrons. The van der Waals surface area contributed by atoms with E-state index in [9.17, 15) is 4.21 Å². The van der Waals surface area contributed by atoms with Gasteiger partial charge in [-0.3, -0.25) is 0 Å². The third-order valence-corrected chi connectivity index (χ3v) is 2.79. The Hall–Kier alpha value is -0.780. The van der Waals surface area contributed by atoms with Crippen molar-refractivity contribution >= 4 is 22.7 Å². The van der Waals surface area contributed by atoms with E-state index in [1.807, 2.05) is 0 Å². The Labute approximate surface area is 89.1 Å². The van der Waals surface area contributed by atoms with Gasteiger partial charge in [-0.25, -0.2) is 4.21 Å². The predicted octanol–water partition coefficient (Wildman–Crippen LogP) is 1.94. The second kappa shape index (κ2) is 4.63. The highest BCUT2D eigenvalue weighted by atomic mass is 35.5. The molecule has 0 aromatic heterocycles. The molecule has 0 aliphatic rings. The molecule has 1 N–H and O–H groups in total. The van der Waals surface area contributed by atoms with Gasteiger partial charge >= 0.3 is 0 Å². The first-order chi connectivity index (χ1) is 6.60. The van der Waals surface area contributed by atoms with Crippen molar-refractivity contribution in [1.82, 2.24) is 0 Å². The zero-order valence-corrected chi connectivity index (χ0v) is 9.19. The van der Waals surface area contributed by atoms with E-state index in [1.54, 1.807) is 0 Å². The molecule has 1 rings (SSSR count). The van der Waals surface area contributed by atoms with Crippen LogP contribution in [-0.4, -0.2) is 23.0 Å². The molecule has 0 spiro atoms. The molecule has 0 bridgehead atoms. The van der Waals surface area contributed by atoms with Crippen LogP contribution in [0.5, 0.6) is 11.5 Å². The molecule has 1 aromatic carbocycles. The van der Waals surface area contributed by atoms with Crippen molar-refractivity contribution in [1.29, 1.82) is 0 Å². The van der Waals surface area contributed by atoms with Gasteiger partial charge in [0.05, 0.1) is 19.2 Å². The first kappa shape index (κ1) is 11.3. The summed E-state index contributed by atoms with van der Waals surface area (Å²) in [6.45, 7) is 0. The van der Waals surface area contributed by atoms with Gasteiger partial charge in [-0.05, 0) is 0 Å². The standard InChI is InChI=1S/C8H9ClO4S/c1-12-5-3-6(9)8(14(10)11)7(4-5)13-2/h3-4H,1-2H3,(H,10,11). The lowest BCUT2D eigenvalue weighted by atomic mass is 10.3. The summed E-state index contributed by atoms with van der Waals surface area (Å²) in [5.41, 5.74) is 0. The predicted molar refractivity (Wildman–Crippen MR) is 53.6 cm³/mol. The molecule has 1 aromatic rings. The van der Waals surface area contributed by atoms with Gasteiger partial charge in [0.15, 0.2) is 11.1 Å². The summed E-state index contributed by atoms with van der Waals surface area (Å²) in [6.07, 6.45) is 0. The Morgan fingerprint density at radius 3 is 2.43 bits per heavy atom. The normalized spacial score (nSPS) is 12.3. The SMILES string of the molecule is COc1cc(Cl)c(S(=O)O)c(OC)c1. The second-order valence-corrected chi connectivity index (χ2v) is 3.70. The minimum absolute atomic E-state index is 0.0509. The zero-order valence-electron chi connectivity index (χ0n) is 7.61. The molecule has 0 saturated carbocycles. The molecular formula is C8H9ClO4S. The summed E-state index contributed by atoms with van der Waals surface area (Å²) in [5.74, 6) is 0.705. The van der Waals surface area contributed by atoms with Crippen molar-refractivity contribution in [2.75, 3.05) is 14.2 Å². The maximum Gasteiger partial charge on any atom is 0.191 e. The summed E-state index contributed by atoms with van der Waals surface area (Å²) in [7, 11) is 2.86. The molecule has 1 atom stereocenters. The summed E-state index contributed by atoms with van der Waals surface area (Å²) in [6, 6.07) is 2.95. The number of halogens is 1. The largest absolute Gasteiger partial charge is 0.497 e. The Morgan fingerprint density at radius 1 is 1.36 bits per heavy atom. The maximum absolute atomic E-state index is 10.9. The van der Waals surface area contributed by atoms with Crippen molar-refractivity contribution in [2.45, 2.75) is 4.90 Å². The van der Waals surface area contributed by atoms with Crippen LogP contribution in [-0.2, 0) is 11.1 Å². The van der Waals surface area contributed by atoms with Crippen LogP contribution in [0.15, 0.2) is 17.0 Å². The van der Waals surface area contributed by atoms with Crippen molar-refractivity contribution in [3.05, 3.63) is 17.2 Å². The Kier molecular flexibility index (Phi) is 3.74. The topological polar surface area (TPSA) is 55.8 Å². The van der Waals surface area contributed by atoms with Crippen molar-refractivity contribution in [3.8, 4) is 11.5 Å². The smallest absolute Gasteiger partial charge is 0.191 e. The average Bonchev–Trinajstić information content (AvgIpc) is 2.15. The summed E-state index contributed by atoms with van der Waals surface area (Å²) >= 11 is 3.60. The summed E-state index contributed by atoms with van der Waals surface area (Å²) < 4.78 is 29.7. The van der Waals surface area contributed by atoms with E-state index >= 15 is 0 Å². The molecule has 0 fully saturated rings. The fourth-order valence-corrected chi connectivity index (χ4v) is 1.92. The Morgan fingerprint density at radius 2 is 2.00 bits per heavy atom. The molecule has 14 heavy (non-hydrogen) atoms. The second-order valence-electron chi connectivity index (χ2n) is 2.39. The quantitative estimate of drug-likeness (QED) is 0.815. The fourth-order valence-electron chi connectivity index (χ4n) is 0.983. The van der Waals surface area contributed by atoms with Crippen LogP contribution >= 0.6 is 11.6 Å². The van der Waals surface area contributed by atoms with E-state index in [0.29, 0.717) is 5.75 Å². The molecule has 0 heterocycles. The lowest BCUT2D eigenvalue weighted by molar-refractivity contribution is 0.386. The van der Waals surface area contributed by atoms with Crippen LogP contribution in [0.25, 0.3) is 0 Å². The minimum atomic E-state index is -2.17. The van der Waals surface area contributed by atoms with Crippen LogP contribution < -0.4 is 9.47 Å². The highest BCUT2D eigenvalue weighted by Gasteiger charge is 2.15. The fraction of sp³-hybridized carbons (Fsp3) is 0.250. The molecule has 0 amide bonds. The average molecular weight is 237 g/mol. The molecule has 4 nitrogen and oxygen atoms in total. The van der Waals surface area contributed by atoms with E-state index < -0.39 is 11.1 Å². The minimum Gasteiger partial charge on any atom is -0.497 e. The summed E-state index contributed by atoms with van der Waals surface area (Å²) in [4.78, 5) is 0.0509. The van der Waals surface area contributed by atoms with E-state index in [2.05, 4.69) is 0 Å². The molecule has 0 saturated heterocycles. The van der Waals surface area contributed by atoms with Gasteiger partial charge < -0.3 is 14.0 Å². The highest BCUT2D eigenvalue weighted by molar-refractivity contribution is 7.79. The van der Waals surface area contributed by atoms with Gasteiger partial charge in [-0.2, -0.15) is 0 Å². The molecule has 1 unspecified atom stereocenters. The maximum atomic E-state index is 10.9. The number of hydrogen-bond acceptors (Lipinski definition) is 3. The number of ether oxygens (including phenoxy) is 2. The number of benzene rings is 1. The highest BCUT2D eigenvalue weighted by Crippen LogP contribution is 2.33. The van der Waals surface area contributed by atoms with E-state index in [0.717, 1.165) is 0 Å². The van der Waals surface area contributed by atoms with Gasteiger partial charge in [0.2, 0.25) is 0 Å². The third-order valence-electron chi connectivity index (χ3n) is 1.61. The number of methoxy groups -OCH3 is 2. The number of hydrogen-bond donors (Lipinski definition) is 1. The third kappa shape index (κ3) is 2.17. The van der Waals surface area contributed by atoms with Gasteiger partial charge in [0.25, 0.3) is 0 Å². The van der Waals surface area contributed by atoms with Gasteiger partial charge in [-0.1, -0.05) is 11.6 Å². The van der Waals surface area contributed by atoms with Crippen molar-refractivity contribution in [3.63, 3.8) is 0 Å². The Balaban J connectivity index is 3.34. The van der Waals surface area contributed by atoms with Crippen LogP contribution in [0.4, 0.5) is 0 Å². The van der Waals surface area contributed by atoms with Gasteiger partial charge in [0.1, 0.15) is 16.4 Å². The van der Waals surface area contributed by atoms with Crippen LogP contribution in [0, 0.1) is 0 Å². The van der Waals surface area contributed by atoms with E-state index in [-0.39, 0.29) is 15.7 Å². The lowest BCUT2D eigenvalue weighted by Gasteiger charge is -2.09. The van der Waals surface area contributed by atoms with Gasteiger partial charge in [-0.15, -0.1) is 0 Å². The first-order valence-corrected chi connectivity index (χ1v) is 5.11. The number of rotatable bonds is 3. The molecule has 6 heteroatoms. The van der Waals surface area contributed by atoms with E-state index in [4.69, 9.17) is 25.6 Å². The summed E-state index contributed by atoms with van der Waals surface area (Å²) in [5, 5.41) is 0.141. The molecular weight excluding hydrogens is 228 g/mol. The van der Waals surface area contributed by atoms with Crippen molar-refractivity contribution < 1.29 is 18.2 Å². The lowest BCUT2D eigenvalue weighted by Crippen LogP contribution is -1.97. The molecule has 78 valence electrons. The Bertz CT molecular complexity index is 367. The van der Waals surface area contributed by atoms with Crippen LogP contribution in [0.2, 0.25) is 5.02 Å². The van der Waals surface area contributed by atoms with Crippen LogP contribution in [0.1, 0.15) is 0 Å². The zero-order chi connectivity index (χ0) is 10.7. The monoisotopic (exact) mass is 236 g/mol.